The highest BCUT2D eigenvalue weighted by Crippen LogP contribution is 2.15. The van der Waals surface area contributed by atoms with Gasteiger partial charge in [0.2, 0.25) is 0 Å². The molecule has 0 bridgehead atoms. The molecule has 1 rings (SSSR count). The number of aliphatic imine (C=N–C) groups is 1. The number of allylic oxidation sites excluding steroid dienone is 4. The van der Waals surface area contributed by atoms with Crippen molar-refractivity contribution in [2.24, 2.45) is 10.9 Å². The van der Waals surface area contributed by atoms with Crippen molar-refractivity contribution in [2.45, 2.75) is 33.2 Å². The van der Waals surface area contributed by atoms with Gasteiger partial charge in [-0.1, -0.05) is 32.2 Å². The first-order valence-corrected chi connectivity index (χ1v) is 9.60. The molecule has 0 amide bonds. The predicted octanol–water partition coefficient (Wildman–Crippen LogP) is 5.27. The average Bonchev–Trinajstić information content (AvgIpc) is 2.61. The van der Waals surface area contributed by atoms with Crippen LogP contribution in [0.15, 0.2) is 58.8 Å². The molecule has 1 aromatic heterocycles. The number of nitrogens with one attached hydrogen (secondary N) is 1. The van der Waals surface area contributed by atoms with E-state index >= 15 is 0 Å². The lowest BCUT2D eigenvalue weighted by molar-refractivity contribution is 0.579. The number of halogens is 1. The molecule has 0 saturated carbocycles. The molecule has 1 unspecified atom stereocenters. The number of aromatic nitrogens is 1. The van der Waals surface area contributed by atoms with Crippen LogP contribution in [0.2, 0.25) is 0 Å². The second kappa shape index (κ2) is 12.3. The van der Waals surface area contributed by atoms with Crippen molar-refractivity contribution >= 4 is 18.0 Å². The zero-order valence-corrected chi connectivity index (χ0v) is 16.7. The van der Waals surface area contributed by atoms with Crippen molar-refractivity contribution in [1.82, 2.24) is 10.3 Å². The smallest absolute Gasteiger partial charge is 0.146 e. The lowest BCUT2D eigenvalue weighted by atomic mass is 10.1. The largest absolute Gasteiger partial charge is 0.383 e. The number of rotatable bonds is 11. The van der Waals surface area contributed by atoms with Gasteiger partial charge in [-0.05, 0) is 37.8 Å². The normalized spacial score (nSPS) is 12.3. The van der Waals surface area contributed by atoms with Crippen molar-refractivity contribution in [2.75, 3.05) is 12.8 Å². The highest BCUT2D eigenvalue weighted by molar-refractivity contribution is 8.03. The Kier molecular flexibility index (Phi) is 10.4. The van der Waals surface area contributed by atoms with E-state index in [0.717, 1.165) is 29.2 Å². The molecule has 1 heterocycles. The minimum absolute atomic E-state index is 0.316. The Morgan fingerprint density at radius 3 is 2.96 bits per heavy atom. The van der Waals surface area contributed by atoms with Gasteiger partial charge in [0.1, 0.15) is 5.82 Å². The van der Waals surface area contributed by atoms with Gasteiger partial charge in [-0.2, -0.15) is 0 Å². The number of pyridine rings is 1. The Balaban J connectivity index is 2.39. The first-order valence-electron chi connectivity index (χ1n) is 8.61. The van der Waals surface area contributed by atoms with Gasteiger partial charge in [0.05, 0.1) is 17.9 Å². The molecule has 3 nitrogen and oxygen atoms in total. The Hall–Kier alpha value is -2.10. The highest BCUT2D eigenvalue weighted by atomic mass is 32.2. The number of thioether (sulfide) groups is 1. The van der Waals surface area contributed by atoms with E-state index in [2.05, 4.69) is 53.3 Å². The maximum atomic E-state index is 13.8. The Bertz CT molecular complexity index is 703. The van der Waals surface area contributed by atoms with E-state index in [0.29, 0.717) is 23.9 Å². The first-order chi connectivity index (χ1) is 12.5. The van der Waals surface area contributed by atoms with Crippen molar-refractivity contribution in [3.63, 3.8) is 0 Å². The summed E-state index contributed by atoms with van der Waals surface area (Å²) in [6.07, 6.45) is 7.80. The van der Waals surface area contributed by atoms with Crippen LogP contribution in [0.4, 0.5) is 4.39 Å². The van der Waals surface area contributed by atoms with Gasteiger partial charge in [0.25, 0.3) is 0 Å². The van der Waals surface area contributed by atoms with E-state index in [4.69, 9.17) is 0 Å². The van der Waals surface area contributed by atoms with Crippen LogP contribution in [0.5, 0.6) is 0 Å². The SMILES string of the molecule is C=C=C(C)SCC/C=C/C(C)CC(=C)NCc1nc(/C=N/C)ccc1F. The number of nitrogens with zero attached hydrogens (tertiary/aromatic N) is 2. The fourth-order valence-corrected chi connectivity index (χ4v) is 2.89. The standard InChI is InChI=1S/C21H28FN3S/c1-6-18(4)26-12-8-7-9-16(2)13-17(3)24-15-21-20(22)11-10-19(25-21)14-23-5/h7,9-11,14,16,24H,1,3,8,12-13,15H2,2,4-5H3/b9-7+,23-14+. The van der Waals surface area contributed by atoms with Crippen LogP contribution in [-0.4, -0.2) is 24.0 Å². The van der Waals surface area contributed by atoms with Crippen LogP contribution in [0, 0.1) is 11.7 Å². The van der Waals surface area contributed by atoms with Gasteiger partial charge in [0.15, 0.2) is 0 Å². The fraction of sp³-hybridized carbons (Fsp3) is 0.381. The van der Waals surface area contributed by atoms with Crippen molar-refractivity contribution in [1.29, 1.82) is 0 Å². The summed E-state index contributed by atoms with van der Waals surface area (Å²) in [4.78, 5) is 9.28. The molecule has 5 heteroatoms. The van der Waals surface area contributed by atoms with Gasteiger partial charge in [-0.25, -0.2) is 9.37 Å². The van der Waals surface area contributed by atoms with Crippen LogP contribution < -0.4 is 5.32 Å². The van der Waals surface area contributed by atoms with E-state index in [9.17, 15) is 4.39 Å². The predicted molar refractivity (Wildman–Crippen MR) is 112 cm³/mol. The van der Waals surface area contributed by atoms with Crippen molar-refractivity contribution in [3.8, 4) is 0 Å². The molecule has 0 saturated heterocycles. The number of hydrogen-bond donors (Lipinski definition) is 1. The van der Waals surface area contributed by atoms with Crippen LogP contribution in [0.25, 0.3) is 0 Å². The molecule has 0 aromatic carbocycles. The molecule has 0 spiro atoms. The summed E-state index contributed by atoms with van der Waals surface area (Å²) in [6, 6.07) is 3.02. The summed E-state index contributed by atoms with van der Waals surface area (Å²) in [7, 11) is 1.66. The minimum Gasteiger partial charge on any atom is -0.383 e. The molecule has 1 aromatic rings. The van der Waals surface area contributed by atoms with E-state index in [1.807, 2.05) is 6.92 Å². The molecule has 1 atom stereocenters. The molecule has 0 fully saturated rings. The van der Waals surface area contributed by atoms with Crippen LogP contribution in [0.1, 0.15) is 38.1 Å². The molecule has 0 aliphatic rings. The Morgan fingerprint density at radius 2 is 2.27 bits per heavy atom. The second-order valence-corrected chi connectivity index (χ2v) is 7.30. The van der Waals surface area contributed by atoms with Crippen molar-refractivity contribution in [3.05, 3.63) is 71.0 Å². The Morgan fingerprint density at radius 1 is 1.50 bits per heavy atom. The summed E-state index contributed by atoms with van der Waals surface area (Å²) in [5.41, 5.74) is 4.77. The molecule has 0 aliphatic heterocycles. The molecular weight excluding hydrogens is 345 g/mol. The third kappa shape index (κ3) is 8.84. The topological polar surface area (TPSA) is 37.3 Å². The van der Waals surface area contributed by atoms with Gasteiger partial charge >= 0.3 is 0 Å². The molecule has 1 N–H and O–H groups in total. The number of hydrogen-bond acceptors (Lipinski definition) is 4. The summed E-state index contributed by atoms with van der Waals surface area (Å²) in [5, 5.41) is 3.17. The molecule has 140 valence electrons. The highest BCUT2D eigenvalue weighted by Gasteiger charge is 2.06. The first kappa shape index (κ1) is 21.9. The second-order valence-electron chi connectivity index (χ2n) is 5.99. The zero-order valence-electron chi connectivity index (χ0n) is 15.9. The van der Waals surface area contributed by atoms with E-state index in [1.165, 1.54) is 6.07 Å². The van der Waals surface area contributed by atoms with Gasteiger partial charge in [-0.3, -0.25) is 4.99 Å². The minimum atomic E-state index is -0.326. The molecular formula is C21H28FN3S. The lowest BCUT2D eigenvalue weighted by Crippen LogP contribution is -2.16. The summed E-state index contributed by atoms with van der Waals surface area (Å²) < 4.78 is 13.8. The van der Waals surface area contributed by atoms with E-state index in [1.54, 1.807) is 31.1 Å². The third-order valence-electron chi connectivity index (χ3n) is 3.59. The summed E-state index contributed by atoms with van der Waals surface area (Å²) in [6.45, 7) is 12.1. The molecule has 0 aliphatic carbocycles. The van der Waals surface area contributed by atoms with E-state index in [-0.39, 0.29) is 5.82 Å². The Labute approximate surface area is 160 Å². The van der Waals surface area contributed by atoms with Gasteiger partial charge in [-0.15, -0.1) is 17.5 Å². The zero-order chi connectivity index (χ0) is 19.4. The fourth-order valence-electron chi connectivity index (χ4n) is 2.23. The quantitative estimate of drug-likeness (QED) is 0.249. The maximum Gasteiger partial charge on any atom is 0.146 e. The average molecular weight is 374 g/mol. The van der Waals surface area contributed by atoms with E-state index < -0.39 is 0 Å². The van der Waals surface area contributed by atoms with Gasteiger partial charge < -0.3 is 5.32 Å². The summed E-state index contributed by atoms with van der Waals surface area (Å²) >= 11 is 1.76. The third-order valence-corrected chi connectivity index (χ3v) is 4.61. The lowest BCUT2D eigenvalue weighted by Gasteiger charge is -2.13. The summed E-state index contributed by atoms with van der Waals surface area (Å²) in [5.74, 6) is 1.07. The van der Waals surface area contributed by atoms with Crippen LogP contribution in [0.3, 0.4) is 0 Å². The molecule has 0 radical (unpaired) electrons. The monoisotopic (exact) mass is 373 g/mol. The van der Waals surface area contributed by atoms with Crippen LogP contribution in [-0.2, 0) is 6.54 Å². The molecule has 26 heavy (non-hydrogen) atoms. The van der Waals surface area contributed by atoms with Gasteiger partial charge in [0, 0.05) is 29.6 Å². The van der Waals surface area contributed by atoms with Crippen molar-refractivity contribution < 1.29 is 4.39 Å². The maximum absolute atomic E-state index is 13.8. The van der Waals surface area contributed by atoms with Crippen LogP contribution >= 0.6 is 11.8 Å².